The Balaban J connectivity index is 2.74. The predicted octanol–water partition coefficient (Wildman–Crippen LogP) is 4.85. The summed E-state index contributed by atoms with van der Waals surface area (Å²) >= 11 is 2.47. The molecule has 16 heavy (non-hydrogen) atoms. The maximum Gasteiger partial charge on any atom is 0.0707 e. The molecule has 0 aliphatic heterocycles. The van der Waals surface area contributed by atoms with E-state index in [4.69, 9.17) is 0 Å². The van der Waals surface area contributed by atoms with Crippen molar-refractivity contribution in [2.24, 2.45) is 0 Å². The molecule has 2 aromatic rings. The molecular weight excluding hydrogens is 309 g/mol. The molecule has 0 saturated heterocycles. The standard InChI is InChI=1S/C14H16IN/c1-9(2)11-7-13(10(3)15)12-5-4-6-16-14(12)8-11/h4-10H,1-3H3. The average Bonchev–Trinajstić information content (AvgIpc) is 2.27. The zero-order chi connectivity index (χ0) is 11.7. The SMILES string of the molecule is CC(C)c1cc(C(C)I)c2cccnc2c1. The summed E-state index contributed by atoms with van der Waals surface area (Å²) in [7, 11) is 0. The normalized spacial score (nSPS) is 13.3. The third kappa shape index (κ3) is 2.21. The van der Waals surface area contributed by atoms with E-state index >= 15 is 0 Å². The van der Waals surface area contributed by atoms with Crippen LogP contribution in [-0.2, 0) is 0 Å². The highest BCUT2D eigenvalue weighted by molar-refractivity contribution is 14.1. The number of nitrogens with zero attached hydrogens (tertiary/aromatic N) is 1. The van der Waals surface area contributed by atoms with Gasteiger partial charge in [0.25, 0.3) is 0 Å². The van der Waals surface area contributed by atoms with Gasteiger partial charge in [-0.1, -0.05) is 48.6 Å². The van der Waals surface area contributed by atoms with Crippen LogP contribution in [0.5, 0.6) is 0 Å². The number of alkyl halides is 1. The first-order chi connectivity index (χ1) is 7.59. The van der Waals surface area contributed by atoms with Gasteiger partial charge in [0.1, 0.15) is 0 Å². The quantitative estimate of drug-likeness (QED) is 0.568. The number of hydrogen-bond acceptors (Lipinski definition) is 1. The molecule has 0 saturated carbocycles. The van der Waals surface area contributed by atoms with Crippen molar-refractivity contribution in [3.63, 3.8) is 0 Å². The van der Waals surface area contributed by atoms with Gasteiger partial charge in [-0.05, 0) is 36.1 Å². The van der Waals surface area contributed by atoms with Crippen molar-refractivity contribution in [3.8, 4) is 0 Å². The van der Waals surface area contributed by atoms with E-state index < -0.39 is 0 Å². The second-order valence-electron chi connectivity index (χ2n) is 4.45. The van der Waals surface area contributed by atoms with Gasteiger partial charge in [0, 0.05) is 15.5 Å². The lowest BCUT2D eigenvalue weighted by Gasteiger charge is -2.13. The number of fused-ring (bicyclic) bond motifs is 1. The van der Waals surface area contributed by atoms with Gasteiger partial charge < -0.3 is 0 Å². The van der Waals surface area contributed by atoms with Crippen molar-refractivity contribution in [2.45, 2.75) is 30.6 Å². The van der Waals surface area contributed by atoms with Gasteiger partial charge in [-0.25, -0.2) is 0 Å². The molecule has 1 atom stereocenters. The summed E-state index contributed by atoms with van der Waals surface area (Å²) in [6, 6.07) is 8.71. The largest absolute Gasteiger partial charge is 0.256 e. The molecule has 0 amide bonds. The fourth-order valence-corrected chi connectivity index (χ4v) is 2.41. The molecule has 0 aliphatic carbocycles. The second kappa shape index (κ2) is 4.70. The van der Waals surface area contributed by atoms with Crippen LogP contribution in [0.1, 0.15) is 41.7 Å². The van der Waals surface area contributed by atoms with E-state index in [1.54, 1.807) is 0 Å². The minimum absolute atomic E-state index is 0.517. The number of pyridine rings is 1. The second-order valence-corrected chi connectivity index (χ2v) is 6.32. The molecule has 0 N–H and O–H groups in total. The van der Waals surface area contributed by atoms with Crippen LogP contribution >= 0.6 is 22.6 Å². The summed E-state index contributed by atoms with van der Waals surface area (Å²) < 4.78 is 0.517. The fourth-order valence-electron chi connectivity index (χ4n) is 1.90. The average molecular weight is 325 g/mol. The van der Waals surface area contributed by atoms with Gasteiger partial charge >= 0.3 is 0 Å². The lowest BCUT2D eigenvalue weighted by Crippen LogP contribution is -1.94. The van der Waals surface area contributed by atoms with E-state index in [2.05, 4.69) is 66.5 Å². The predicted molar refractivity (Wildman–Crippen MR) is 78.3 cm³/mol. The zero-order valence-electron chi connectivity index (χ0n) is 9.87. The van der Waals surface area contributed by atoms with Crippen LogP contribution in [0.3, 0.4) is 0 Å². The highest BCUT2D eigenvalue weighted by Crippen LogP contribution is 2.32. The maximum absolute atomic E-state index is 4.46. The van der Waals surface area contributed by atoms with Crippen LogP contribution in [0, 0.1) is 0 Å². The number of rotatable bonds is 2. The van der Waals surface area contributed by atoms with E-state index in [1.807, 2.05) is 12.3 Å². The molecule has 1 nitrogen and oxygen atoms in total. The van der Waals surface area contributed by atoms with E-state index in [0.29, 0.717) is 9.84 Å². The summed E-state index contributed by atoms with van der Waals surface area (Å²) in [4.78, 5) is 4.46. The molecule has 1 unspecified atom stereocenters. The first kappa shape index (κ1) is 11.8. The Morgan fingerprint density at radius 3 is 2.56 bits per heavy atom. The number of halogens is 1. The molecule has 1 aromatic heterocycles. The van der Waals surface area contributed by atoms with Crippen LogP contribution in [0.25, 0.3) is 10.9 Å². The van der Waals surface area contributed by atoms with E-state index in [0.717, 1.165) is 5.52 Å². The van der Waals surface area contributed by atoms with Gasteiger partial charge in [0.15, 0.2) is 0 Å². The molecule has 0 radical (unpaired) electrons. The molecule has 0 aliphatic rings. The van der Waals surface area contributed by atoms with Gasteiger partial charge in [-0.2, -0.15) is 0 Å². The van der Waals surface area contributed by atoms with Gasteiger partial charge in [-0.15, -0.1) is 0 Å². The molecular formula is C14H16IN. The third-order valence-corrected chi connectivity index (χ3v) is 3.54. The van der Waals surface area contributed by atoms with Gasteiger partial charge in [0.2, 0.25) is 0 Å². The molecule has 1 aromatic carbocycles. The monoisotopic (exact) mass is 325 g/mol. The van der Waals surface area contributed by atoms with E-state index in [9.17, 15) is 0 Å². The Morgan fingerprint density at radius 1 is 1.19 bits per heavy atom. The van der Waals surface area contributed by atoms with Crippen molar-refractivity contribution in [3.05, 3.63) is 41.6 Å². The van der Waals surface area contributed by atoms with Crippen molar-refractivity contribution in [1.82, 2.24) is 4.98 Å². The first-order valence-electron chi connectivity index (χ1n) is 5.62. The Kier molecular flexibility index (Phi) is 3.47. The Bertz CT molecular complexity index is 503. The summed E-state index contributed by atoms with van der Waals surface area (Å²) in [5, 5.41) is 1.29. The van der Waals surface area contributed by atoms with Crippen LogP contribution < -0.4 is 0 Å². The molecule has 0 spiro atoms. The van der Waals surface area contributed by atoms with Crippen LogP contribution in [-0.4, -0.2) is 4.98 Å². The lowest BCUT2D eigenvalue weighted by molar-refractivity contribution is 0.864. The summed E-state index contributed by atoms with van der Waals surface area (Å²) in [5.41, 5.74) is 3.90. The van der Waals surface area contributed by atoms with Crippen molar-refractivity contribution >= 4 is 33.5 Å². The van der Waals surface area contributed by atoms with E-state index in [1.165, 1.54) is 16.5 Å². The molecule has 1 heterocycles. The molecule has 0 fully saturated rings. The fraction of sp³-hybridized carbons (Fsp3) is 0.357. The van der Waals surface area contributed by atoms with E-state index in [-0.39, 0.29) is 0 Å². The van der Waals surface area contributed by atoms with Gasteiger partial charge in [-0.3, -0.25) is 4.98 Å². The third-order valence-electron chi connectivity index (χ3n) is 2.87. The number of hydrogen-bond donors (Lipinski definition) is 0. The molecule has 2 rings (SSSR count). The molecule has 2 heteroatoms. The number of benzene rings is 1. The first-order valence-corrected chi connectivity index (χ1v) is 6.87. The van der Waals surface area contributed by atoms with Crippen molar-refractivity contribution < 1.29 is 0 Å². The topological polar surface area (TPSA) is 12.9 Å². The maximum atomic E-state index is 4.46. The highest BCUT2D eigenvalue weighted by atomic mass is 127. The van der Waals surface area contributed by atoms with Crippen molar-refractivity contribution in [1.29, 1.82) is 0 Å². The summed E-state index contributed by atoms with van der Waals surface area (Å²) in [6.07, 6.45) is 1.87. The summed E-state index contributed by atoms with van der Waals surface area (Å²) in [6.45, 7) is 6.68. The minimum Gasteiger partial charge on any atom is -0.256 e. The lowest BCUT2D eigenvalue weighted by atomic mass is 9.96. The summed E-state index contributed by atoms with van der Waals surface area (Å²) in [5.74, 6) is 0.556. The highest BCUT2D eigenvalue weighted by Gasteiger charge is 2.10. The van der Waals surface area contributed by atoms with Crippen LogP contribution in [0.4, 0.5) is 0 Å². The minimum atomic E-state index is 0.517. The van der Waals surface area contributed by atoms with Gasteiger partial charge in [0.05, 0.1) is 5.52 Å². The molecule has 0 bridgehead atoms. The Morgan fingerprint density at radius 2 is 1.94 bits per heavy atom. The smallest absolute Gasteiger partial charge is 0.0707 e. The Hall–Kier alpha value is -0.640. The zero-order valence-corrected chi connectivity index (χ0v) is 12.0. The Labute approximate surface area is 110 Å². The van der Waals surface area contributed by atoms with Crippen LogP contribution in [0.15, 0.2) is 30.5 Å². The number of aromatic nitrogens is 1. The molecule has 84 valence electrons. The van der Waals surface area contributed by atoms with Crippen LogP contribution in [0.2, 0.25) is 0 Å². The van der Waals surface area contributed by atoms with Crippen molar-refractivity contribution in [2.75, 3.05) is 0 Å².